The van der Waals surface area contributed by atoms with Crippen molar-refractivity contribution in [2.75, 3.05) is 5.32 Å². The fraction of sp³-hybridized carbons (Fsp3) is 0.235. The Labute approximate surface area is 160 Å². The summed E-state index contributed by atoms with van der Waals surface area (Å²) in [5.74, 6) is -1.41. The monoisotopic (exact) mass is 410 g/mol. The molecule has 144 valence electrons. The molecule has 3 N–H and O–H groups in total. The molecule has 0 radical (unpaired) electrons. The highest BCUT2D eigenvalue weighted by molar-refractivity contribution is 7.89. The van der Waals surface area contributed by atoms with Gasteiger partial charge in [-0.2, -0.15) is 0 Å². The maximum atomic E-state index is 12.1. The number of rotatable bonds is 8. The number of carbonyl (C=O) groups excluding carboxylic acids is 3. The number of esters is 1. The van der Waals surface area contributed by atoms with E-state index in [2.05, 4.69) is 5.32 Å². The van der Waals surface area contributed by atoms with Crippen molar-refractivity contribution in [2.24, 2.45) is 5.14 Å². The zero-order valence-electron chi connectivity index (χ0n) is 14.4. The van der Waals surface area contributed by atoms with Crippen LogP contribution in [-0.2, 0) is 24.3 Å². The number of Topliss-reactive ketones (excluding diaryl/α,β-unsaturated/α-hetero) is 1. The summed E-state index contributed by atoms with van der Waals surface area (Å²) in [5.41, 5.74) is 0.322. The molecule has 1 aromatic carbocycles. The summed E-state index contributed by atoms with van der Waals surface area (Å²) in [6.07, 6.45) is -1.20. The predicted octanol–water partition coefficient (Wildman–Crippen LogP) is 1.93. The van der Waals surface area contributed by atoms with Crippen LogP contribution in [0.15, 0.2) is 46.7 Å². The van der Waals surface area contributed by atoms with Gasteiger partial charge in [0.2, 0.25) is 10.0 Å². The van der Waals surface area contributed by atoms with Gasteiger partial charge in [-0.25, -0.2) is 13.6 Å². The Morgan fingerprint density at radius 2 is 1.81 bits per heavy atom. The van der Waals surface area contributed by atoms with Crippen molar-refractivity contribution < 1.29 is 27.5 Å². The zero-order valence-corrected chi connectivity index (χ0v) is 16.0. The average molecular weight is 410 g/mol. The number of hydrogen-bond donors (Lipinski definition) is 2. The molecule has 0 aliphatic carbocycles. The fourth-order valence-electron chi connectivity index (χ4n) is 2.06. The van der Waals surface area contributed by atoms with Gasteiger partial charge in [0, 0.05) is 12.1 Å². The Kier molecular flexibility index (Phi) is 6.83. The van der Waals surface area contributed by atoms with Crippen LogP contribution in [0.3, 0.4) is 0 Å². The average Bonchev–Trinajstić information content (AvgIpc) is 3.14. The molecule has 1 aromatic heterocycles. The number of hydrogen-bond acceptors (Lipinski definition) is 7. The first-order valence-electron chi connectivity index (χ1n) is 7.87. The van der Waals surface area contributed by atoms with Crippen LogP contribution in [0.2, 0.25) is 0 Å². The molecule has 2 aromatic rings. The molecule has 27 heavy (non-hydrogen) atoms. The molecule has 1 unspecified atom stereocenters. The Hall–Kier alpha value is -2.56. The lowest BCUT2D eigenvalue weighted by atomic mass is 10.2. The zero-order chi connectivity index (χ0) is 20.0. The van der Waals surface area contributed by atoms with Crippen LogP contribution in [0.4, 0.5) is 5.69 Å². The van der Waals surface area contributed by atoms with Crippen LogP contribution in [0.25, 0.3) is 0 Å². The lowest BCUT2D eigenvalue weighted by molar-refractivity contribution is -0.153. The topological polar surface area (TPSA) is 133 Å². The summed E-state index contributed by atoms with van der Waals surface area (Å²) in [6.45, 7) is 1.40. The van der Waals surface area contributed by atoms with Gasteiger partial charge in [0.25, 0.3) is 5.91 Å². The number of sulfonamides is 1. The summed E-state index contributed by atoms with van der Waals surface area (Å²) in [5, 5.41) is 9.26. The van der Waals surface area contributed by atoms with E-state index in [1.165, 1.54) is 42.5 Å². The minimum absolute atomic E-state index is 0.00269. The van der Waals surface area contributed by atoms with Crippen LogP contribution in [0.1, 0.15) is 29.4 Å². The highest BCUT2D eigenvalue weighted by Gasteiger charge is 2.19. The first-order valence-corrected chi connectivity index (χ1v) is 10.3. The number of amides is 1. The second-order valence-corrected chi connectivity index (χ2v) is 8.10. The van der Waals surface area contributed by atoms with E-state index in [0.29, 0.717) is 10.6 Å². The van der Waals surface area contributed by atoms with E-state index < -0.39 is 28.0 Å². The lowest BCUT2D eigenvalue weighted by Gasteiger charge is -2.13. The Morgan fingerprint density at radius 3 is 2.37 bits per heavy atom. The molecule has 0 spiro atoms. The maximum Gasteiger partial charge on any atom is 0.307 e. The van der Waals surface area contributed by atoms with Crippen LogP contribution in [-0.4, -0.2) is 32.2 Å². The van der Waals surface area contributed by atoms with Gasteiger partial charge in [0.05, 0.1) is 16.2 Å². The minimum Gasteiger partial charge on any atom is -0.453 e. The molecular formula is C17H18N2O6S2. The standard InChI is InChI=1S/C17H18N2O6S2/c1-11(25-16(21)9-8-14(20)15-3-2-10-26-15)17(22)19-12-4-6-13(7-5-12)27(18,23)24/h2-7,10-11H,8-9H2,1H3,(H,19,22)(H2,18,23,24). The SMILES string of the molecule is CC(OC(=O)CCC(=O)c1cccs1)C(=O)Nc1ccc(S(N)(=O)=O)cc1. The summed E-state index contributed by atoms with van der Waals surface area (Å²) in [4.78, 5) is 36.2. The third-order valence-corrected chi connectivity index (χ3v) is 5.32. The summed E-state index contributed by atoms with van der Waals surface area (Å²) in [7, 11) is -3.82. The molecule has 0 bridgehead atoms. The Morgan fingerprint density at radius 1 is 1.15 bits per heavy atom. The maximum absolute atomic E-state index is 12.1. The molecule has 1 atom stereocenters. The molecule has 0 saturated heterocycles. The highest BCUT2D eigenvalue weighted by atomic mass is 32.2. The number of benzene rings is 1. The van der Waals surface area contributed by atoms with Gasteiger partial charge in [-0.15, -0.1) is 11.3 Å². The third kappa shape index (κ3) is 6.27. The van der Waals surface area contributed by atoms with Crippen molar-refractivity contribution in [3.8, 4) is 0 Å². The van der Waals surface area contributed by atoms with Gasteiger partial charge < -0.3 is 10.1 Å². The fourth-order valence-corrected chi connectivity index (χ4v) is 3.27. The van der Waals surface area contributed by atoms with Crippen molar-refractivity contribution >= 4 is 44.7 Å². The molecule has 0 aliphatic rings. The number of ether oxygens (including phenoxy) is 1. The molecule has 1 amide bonds. The van der Waals surface area contributed by atoms with E-state index in [4.69, 9.17) is 9.88 Å². The van der Waals surface area contributed by atoms with Gasteiger partial charge in [0.15, 0.2) is 11.9 Å². The van der Waals surface area contributed by atoms with Crippen LogP contribution in [0, 0.1) is 0 Å². The van der Waals surface area contributed by atoms with E-state index in [-0.39, 0.29) is 23.5 Å². The largest absolute Gasteiger partial charge is 0.453 e. The van der Waals surface area contributed by atoms with E-state index in [9.17, 15) is 22.8 Å². The number of primary sulfonamides is 1. The minimum atomic E-state index is -3.82. The Balaban J connectivity index is 1.82. The summed E-state index contributed by atoms with van der Waals surface area (Å²) in [6, 6.07) is 8.65. The van der Waals surface area contributed by atoms with Crippen molar-refractivity contribution in [1.29, 1.82) is 0 Å². The van der Waals surface area contributed by atoms with E-state index in [1.807, 2.05) is 0 Å². The number of thiophene rings is 1. The van der Waals surface area contributed by atoms with Gasteiger partial charge in [-0.1, -0.05) is 6.07 Å². The number of nitrogens with one attached hydrogen (secondary N) is 1. The first kappa shape index (κ1) is 20.7. The second kappa shape index (κ2) is 8.89. The molecule has 0 saturated carbocycles. The quantitative estimate of drug-likeness (QED) is 0.505. The van der Waals surface area contributed by atoms with Crippen LogP contribution < -0.4 is 10.5 Å². The molecular weight excluding hydrogens is 392 g/mol. The van der Waals surface area contributed by atoms with Crippen LogP contribution >= 0.6 is 11.3 Å². The molecule has 8 nitrogen and oxygen atoms in total. The van der Waals surface area contributed by atoms with Crippen molar-refractivity contribution in [1.82, 2.24) is 0 Å². The van der Waals surface area contributed by atoms with Gasteiger partial charge in [-0.3, -0.25) is 14.4 Å². The number of nitrogens with two attached hydrogens (primary N) is 1. The number of carbonyl (C=O) groups is 3. The van der Waals surface area contributed by atoms with Crippen LogP contribution in [0.5, 0.6) is 0 Å². The van der Waals surface area contributed by atoms with E-state index in [1.54, 1.807) is 17.5 Å². The predicted molar refractivity (Wildman–Crippen MR) is 99.9 cm³/mol. The van der Waals surface area contributed by atoms with Crippen molar-refractivity contribution in [2.45, 2.75) is 30.8 Å². The van der Waals surface area contributed by atoms with E-state index in [0.717, 1.165) is 0 Å². The smallest absolute Gasteiger partial charge is 0.307 e. The first-order chi connectivity index (χ1) is 12.7. The summed E-state index contributed by atoms with van der Waals surface area (Å²) >= 11 is 1.29. The highest BCUT2D eigenvalue weighted by Crippen LogP contribution is 2.14. The van der Waals surface area contributed by atoms with Gasteiger partial charge in [0.1, 0.15) is 0 Å². The Bertz CT molecular complexity index is 921. The lowest BCUT2D eigenvalue weighted by Crippen LogP contribution is -2.30. The molecule has 10 heteroatoms. The number of anilines is 1. The molecule has 2 rings (SSSR count). The van der Waals surface area contributed by atoms with Crippen molar-refractivity contribution in [3.63, 3.8) is 0 Å². The van der Waals surface area contributed by atoms with Crippen molar-refractivity contribution in [3.05, 3.63) is 46.7 Å². The molecule has 0 fully saturated rings. The normalized spacial score (nSPS) is 12.2. The molecule has 0 aliphatic heterocycles. The molecule has 1 heterocycles. The number of ketones is 1. The van der Waals surface area contributed by atoms with Gasteiger partial charge in [-0.05, 0) is 42.6 Å². The summed E-state index contributed by atoms with van der Waals surface area (Å²) < 4.78 is 27.4. The van der Waals surface area contributed by atoms with Gasteiger partial charge >= 0.3 is 5.97 Å². The second-order valence-electron chi connectivity index (χ2n) is 5.59. The third-order valence-electron chi connectivity index (χ3n) is 3.48. The van der Waals surface area contributed by atoms with E-state index >= 15 is 0 Å².